The van der Waals surface area contributed by atoms with Crippen molar-refractivity contribution in [3.8, 4) is 11.3 Å². The van der Waals surface area contributed by atoms with E-state index in [4.69, 9.17) is 0 Å². The number of hydrogen-bond acceptors (Lipinski definition) is 4. The first-order valence-corrected chi connectivity index (χ1v) is 6.80. The molecule has 0 amide bonds. The highest BCUT2D eigenvalue weighted by atomic mass is 32.1. The number of anilines is 1. The van der Waals surface area contributed by atoms with Crippen molar-refractivity contribution in [3.05, 3.63) is 28.7 Å². The summed E-state index contributed by atoms with van der Waals surface area (Å²) in [6, 6.07) is 4.10. The normalized spacial score (nSPS) is 10.8. The second kappa shape index (κ2) is 5.27. The Morgan fingerprint density at radius 1 is 1.35 bits per heavy atom. The first-order valence-electron chi connectivity index (χ1n) is 5.86. The molecule has 3 nitrogen and oxygen atoms in total. The summed E-state index contributed by atoms with van der Waals surface area (Å²) in [7, 11) is 0. The first kappa shape index (κ1) is 12.0. The average molecular weight is 247 g/mol. The summed E-state index contributed by atoms with van der Waals surface area (Å²) >= 11 is 1.69. The van der Waals surface area contributed by atoms with Gasteiger partial charge in [0.15, 0.2) is 0 Å². The number of nitrogens with one attached hydrogen (secondary N) is 1. The van der Waals surface area contributed by atoms with Gasteiger partial charge in [-0.15, -0.1) is 0 Å². The summed E-state index contributed by atoms with van der Waals surface area (Å²) in [4.78, 5) is 9.13. The van der Waals surface area contributed by atoms with Gasteiger partial charge in [0.25, 0.3) is 0 Å². The van der Waals surface area contributed by atoms with E-state index in [0.717, 1.165) is 23.9 Å². The standard InChI is InChI=1S/C13H17N3S/c1-4-14-12-7-11(10-5-6-17-8-10)15-13(16-12)9(2)3/h5-9H,4H2,1-3H3,(H,14,15,16). The lowest BCUT2D eigenvalue weighted by Crippen LogP contribution is -2.05. The molecule has 2 aromatic rings. The molecule has 17 heavy (non-hydrogen) atoms. The number of aromatic nitrogens is 2. The molecule has 0 aromatic carbocycles. The lowest BCUT2D eigenvalue weighted by atomic mass is 10.2. The lowest BCUT2D eigenvalue weighted by molar-refractivity contribution is 0.777. The van der Waals surface area contributed by atoms with E-state index in [2.05, 4.69) is 52.9 Å². The molecule has 1 N–H and O–H groups in total. The van der Waals surface area contributed by atoms with E-state index in [-0.39, 0.29) is 0 Å². The molecule has 0 spiro atoms. The first-order chi connectivity index (χ1) is 8.20. The molecule has 2 heterocycles. The molecule has 0 aliphatic carbocycles. The Morgan fingerprint density at radius 3 is 2.76 bits per heavy atom. The summed E-state index contributed by atoms with van der Waals surface area (Å²) in [6.45, 7) is 7.17. The van der Waals surface area contributed by atoms with E-state index in [1.165, 1.54) is 5.56 Å². The fraction of sp³-hybridized carbons (Fsp3) is 0.385. The minimum Gasteiger partial charge on any atom is -0.370 e. The molecule has 0 bridgehead atoms. The third-order valence-corrected chi connectivity index (χ3v) is 3.12. The fourth-order valence-electron chi connectivity index (χ4n) is 1.55. The number of nitrogens with zero attached hydrogens (tertiary/aromatic N) is 2. The summed E-state index contributed by atoms with van der Waals surface area (Å²) in [6.07, 6.45) is 0. The van der Waals surface area contributed by atoms with Gasteiger partial charge in [0.1, 0.15) is 11.6 Å². The molecule has 2 rings (SSSR count). The number of hydrogen-bond donors (Lipinski definition) is 1. The highest BCUT2D eigenvalue weighted by Crippen LogP contribution is 2.24. The monoisotopic (exact) mass is 247 g/mol. The molecular weight excluding hydrogens is 230 g/mol. The van der Waals surface area contributed by atoms with Crippen LogP contribution < -0.4 is 5.32 Å². The zero-order valence-electron chi connectivity index (χ0n) is 10.4. The molecular formula is C13H17N3S. The lowest BCUT2D eigenvalue weighted by Gasteiger charge is -2.10. The van der Waals surface area contributed by atoms with Crippen LogP contribution in [0.15, 0.2) is 22.9 Å². The Labute approximate surface area is 106 Å². The third kappa shape index (κ3) is 2.82. The van der Waals surface area contributed by atoms with Crippen LogP contribution >= 0.6 is 11.3 Å². The van der Waals surface area contributed by atoms with Crippen molar-refractivity contribution in [2.75, 3.05) is 11.9 Å². The van der Waals surface area contributed by atoms with Gasteiger partial charge in [0.2, 0.25) is 0 Å². The highest BCUT2D eigenvalue weighted by molar-refractivity contribution is 7.08. The molecule has 0 saturated heterocycles. The van der Waals surface area contributed by atoms with E-state index in [9.17, 15) is 0 Å². The van der Waals surface area contributed by atoms with Crippen molar-refractivity contribution in [1.82, 2.24) is 9.97 Å². The van der Waals surface area contributed by atoms with Crippen molar-refractivity contribution in [2.24, 2.45) is 0 Å². The van der Waals surface area contributed by atoms with Crippen LogP contribution in [0, 0.1) is 0 Å². The SMILES string of the molecule is CCNc1cc(-c2ccsc2)nc(C(C)C)n1. The van der Waals surface area contributed by atoms with Gasteiger partial charge in [-0.25, -0.2) is 9.97 Å². The largest absolute Gasteiger partial charge is 0.370 e. The molecule has 0 unspecified atom stereocenters. The molecule has 0 fully saturated rings. The van der Waals surface area contributed by atoms with Gasteiger partial charge in [-0.05, 0) is 18.4 Å². The van der Waals surface area contributed by atoms with Crippen LogP contribution in [0.5, 0.6) is 0 Å². The Morgan fingerprint density at radius 2 is 2.18 bits per heavy atom. The predicted molar refractivity (Wildman–Crippen MR) is 73.6 cm³/mol. The Bertz CT molecular complexity index is 477. The summed E-state index contributed by atoms with van der Waals surface area (Å²) < 4.78 is 0. The maximum atomic E-state index is 4.61. The topological polar surface area (TPSA) is 37.8 Å². The minimum atomic E-state index is 0.339. The summed E-state index contributed by atoms with van der Waals surface area (Å²) in [5.41, 5.74) is 2.17. The second-order valence-electron chi connectivity index (χ2n) is 4.19. The summed E-state index contributed by atoms with van der Waals surface area (Å²) in [5, 5.41) is 7.44. The average Bonchev–Trinajstić information content (AvgIpc) is 2.82. The second-order valence-corrected chi connectivity index (χ2v) is 4.97. The molecule has 0 atom stereocenters. The van der Waals surface area contributed by atoms with Crippen LogP contribution in [-0.2, 0) is 0 Å². The van der Waals surface area contributed by atoms with Gasteiger partial charge in [-0.2, -0.15) is 11.3 Å². The van der Waals surface area contributed by atoms with Crippen molar-refractivity contribution in [1.29, 1.82) is 0 Å². The van der Waals surface area contributed by atoms with Gasteiger partial charge in [0.05, 0.1) is 5.69 Å². The molecule has 0 aliphatic rings. The fourth-order valence-corrected chi connectivity index (χ4v) is 2.20. The molecule has 0 saturated carbocycles. The van der Waals surface area contributed by atoms with E-state index in [1.54, 1.807) is 11.3 Å². The molecule has 0 aliphatic heterocycles. The molecule has 0 radical (unpaired) electrons. The maximum Gasteiger partial charge on any atom is 0.133 e. The number of rotatable bonds is 4. The van der Waals surface area contributed by atoms with E-state index >= 15 is 0 Å². The van der Waals surface area contributed by atoms with Crippen molar-refractivity contribution in [3.63, 3.8) is 0 Å². The van der Waals surface area contributed by atoms with Crippen LogP contribution in [0.3, 0.4) is 0 Å². The van der Waals surface area contributed by atoms with Crippen LogP contribution in [0.25, 0.3) is 11.3 Å². The molecule has 2 aromatic heterocycles. The predicted octanol–water partition coefficient (Wildman–Crippen LogP) is 3.76. The maximum absolute atomic E-state index is 4.61. The van der Waals surface area contributed by atoms with Crippen molar-refractivity contribution >= 4 is 17.2 Å². The zero-order chi connectivity index (χ0) is 12.3. The minimum absolute atomic E-state index is 0.339. The Kier molecular flexibility index (Phi) is 3.74. The van der Waals surface area contributed by atoms with Crippen molar-refractivity contribution in [2.45, 2.75) is 26.7 Å². The van der Waals surface area contributed by atoms with Crippen LogP contribution in [-0.4, -0.2) is 16.5 Å². The van der Waals surface area contributed by atoms with Gasteiger partial charge >= 0.3 is 0 Å². The smallest absolute Gasteiger partial charge is 0.133 e. The van der Waals surface area contributed by atoms with E-state index < -0.39 is 0 Å². The van der Waals surface area contributed by atoms with Crippen LogP contribution in [0.4, 0.5) is 5.82 Å². The van der Waals surface area contributed by atoms with Gasteiger partial charge in [-0.3, -0.25) is 0 Å². The van der Waals surface area contributed by atoms with Gasteiger partial charge < -0.3 is 5.32 Å². The molecule has 90 valence electrons. The Balaban J connectivity index is 2.44. The Hall–Kier alpha value is -1.42. The van der Waals surface area contributed by atoms with E-state index in [0.29, 0.717) is 5.92 Å². The summed E-state index contributed by atoms with van der Waals surface area (Å²) in [5.74, 6) is 2.14. The van der Waals surface area contributed by atoms with E-state index in [1.807, 2.05) is 6.07 Å². The van der Waals surface area contributed by atoms with Gasteiger partial charge in [-0.1, -0.05) is 13.8 Å². The quantitative estimate of drug-likeness (QED) is 0.894. The zero-order valence-corrected chi connectivity index (χ0v) is 11.2. The van der Waals surface area contributed by atoms with Crippen LogP contribution in [0.1, 0.15) is 32.5 Å². The highest BCUT2D eigenvalue weighted by Gasteiger charge is 2.09. The third-order valence-electron chi connectivity index (χ3n) is 2.43. The van der Waals surface area contributed by atoms with Crippen LogP contribution in [0.2, 0.25) is 0 Å². The number of thiophene rings is 1. The van der Waals surface area contributed by atoms with Gasteiger partial charge in [0, 0.05) is 29.5 Å². The van der Waals surface area contributed by atoms with Crippen molar-refractivity contribution < 1.29 is 0 Å². The molecule has 4 heteroatoms.